The van der Waals surface area contributed by atoms with Crippen LogP contribution >= 0.6 is 12.6 Å². The van der Waals surface area contributed by atoms with E-state index in [9.17, 15) is 8.42 Å². The molecule has 1 fully saturated rings. The number of hydrogen-bond acceptors (Lipinski definition) is 4. The molecule has 1 atom stereocenters. The topological polar surface area (TPSA) is 49.4 Å². The number of nitrogens with zero attached hydrogens (tertiary/aromatic N) is 1. The Hall–Kier alpha value is -1.16. The Bertz CT molecular complexity index is 600. The molecule has 6 heteroatoms. The van der Waals surface area contributed by atoms with E-state index in [4.69, 9.17) is 0 Å². The maximum Gasteiger partial charge on any atom is 0.243 e. The van der Waals surface area contributed by atoms with Gasteiger partial charge in [0.1, 0.15) is 0 Å². The fourth-order valence-electron chi connectivity index (χ4n) is 1.92. The Morgan fingerprint density at radius 3 is 2.58 bits per heavy atom. The van der Waals surface area contributed by atoms with Gasteiger partial charge in [-0.2, -0.15) is 16.9 Å². The van der Waals surface area contributed by atoms with E-state index in [-0.39, 0.29) is 5.25 Å². The first-order valence-electron chi connectivity index (χ1n) is 6.00. The molecule has 0 saturated carbocycles. The van der Waals surface area contributed by atoms with Crippen LogP contribution in [-0.2, 0) is 10.0 Å². The number of benzene rings is 1. The van der Waals surface area contributed by atoms with Crippen molar-refractivity contribution in [2.24, 2.45) is 0 Å². The van der Waals surface area contributed by atoms with Gasteiger partial charge in [0.15, 0.2) is 0 Å². The first-order chi connectivity index (χ1) is 9.04. The average molecular weight is 296 g/mol. The Morgan fingerprint density at radius 2 is 2.05 bits per heavy atom. The molecule has 1 saturated heterocycles. The normalized spacial score (nSPS) is 19.8. The zero-order valence-electron chi connectivity index (χ0n) is 10.6. The molecular formula is C13H16N2O2S2. The van der Waals surface area contributed by atoms with Crippen LogP contribution < -0.4 is 5.32 Å². The van der Waals surface area contributed by atoms with E-state index >= 15 is 0 Å². The minimum Gasteiger partial charge on any atom is -0.315 e. The van der Waals surface area contributed by atoms with Crippen LogP contribution in [0.3, 0.4) is 0 Å². The summed E-state index contributed by atoms with van der Waals surface area (Å²) in [5, 5.41) is 3.00. The summed E-state index contributed by atoms with van der Waals surface area (Å²) in [6.45, 7) is 2.75. The molecule has 1 aliphatic heterocycles. The first-order valence-corrected chi connectivity index (χ1v) is 7.96. The molecule has 102 valence electrons. The van der Waals surface area contributed by atoms with E-state index in [1.165, 1.54) is 4.31 Å². The number of rotatable bonds is 3. The quantitative estimate of drug-likeness (QED) is 0.508. The Kier molecular flexibility index (Phi) is 4.40. The fraction of sp³-hybridized carbons (Fsp3) is 0.385. The molecule has 4 nitrogen and oxygen atoms in total. The van der Waals surface area contributed by atoms with E-state index in [0.717, 1.165) is 12.1 Å². The summed E-state index contributed by atoms with van der Waals surface area (Å²) in [4.78, 5) is 0.310. The van der Waals surface area contributed by atoms with Gasteiger partial charge in [-0.1, -0.05) is 5.92 Å². The van der Waals surface area contributed by atoms with Crippen LogP contribution in [0.1, 0.15) is 13.3 Å². The third-order valence-corrected chi connectivity index (χ3v) is 5.25. The van der Waals surface area contributed by atoms with E-state index in [1.807, 2.05) is 0 Å². The van der Waals surface area contributed by atoms with Gasteiger partial charge in [-0.05, 0) is 37.6 Å². The van der Waals surface area contributed by atoms with Gasteiger partial charge >= 0.3 is 0 Å². The van der Waals surface area contributed by atoms with E-state index in [1.54, 1.807) is 31.2 Å². The third kappa shape index (κ3) is 3.24. The second-order valence-electron chi connectivity index (χ2n) is 4.33. The minimum absolute atomic E-state index is 0.135. The summed E-state index contributed by atoms with van der Waals surface area (Å²) >= 11 is 4.32. The summed E-state index contributed by atoms with van der Waals surface area (Å²) in [5.41, 5.74) is 0.779. The highest BCUT2D eigenvalue weighted by Gasteiger charge is 2.30. The number of hydrogen-bond donors (Lipinski definition) is 2. The van der Waals surface area contributed by atoms with Crippen LogP contribution in [0.2, 0.25) is 0 Å². The molecule has 1 aromatic carbocycles. The molecule has 19 heavy (non-hydrogen) atoms. The van der Waals surface area contributed by atoms with Crippen molar-refractivity contribution in [3.8, 4) is 12.0 Å². The number of sulfonamides is 1. The summed E-state index contributed by atoms with van der Waals surface area (Å²) in [7, 11) is -3.39. The van der Waals surface area contributed by atoms with Gasteiger partial charge < -0.3 is 5.32 Å². The predicted octanol–water partition coefficient (Wildman–Crippen LogP) is 1.77. The second kappa shape index (κ2) is 5.87. The number of nitrogens with one attached hydrogen (secondary N) is 1. The summed E-state index contributed by atoms with van der Waals surface area (Å²) < 4.78 is 26.2. The summed E-state index contributed by atoms with van der Waals surface area (Å²) in [6.07, 6.45) is 0.800. The van der Waals surface area contributed by atoms with Gasteiger partial charge in [0.05, 0.1) is 4.90 Å². The molecular weight excluding hydrogens is 280 g/mol. The lowest BCUT2D eigenvalue weighted by Gasteiger charge is -2.16. The molecule has 0 aliphatic carbocycles. The monoisotopic (exact) mass is 296 g/mol. The Balaban J connectivity index is 2.18. The highest BCUT2D eigenvalue weighted by atomic mass is 32.2. The van der Waals surface area contributed by atoms with Crippen LogP contribution in [0.25, 0.3) is 0 Å². The maximum atomic E-state index is 12.3. The smallest absolute Gasteiger partial charge is 0.243 e. The van der Waals surface area contributed by atoms with E-state index in [2.05, 4.69) is 29.9 Å². The Labute approximate surface area is 119 Å². The lowest BCUT2D eigenvalue weighted by Crippen LogP contribution is -2.29. The van der Waals surface area contributed by atoms with Crippen molar-refractivity contribution in [3.63, 3.8) is 0 Å². The van der Waals surface area contributed by atoms with Crippen molar-refractivity contribution < 1.29 is 8.42 Å². The van der Waals surface area contributed by atoms with Crippen molar-refractivity contribution in [2.75, 3.05) is 18.4 Å². The average Bonchev–Trinajstić information content (AvgIpc) is 2.84. The van der Waals surface area contributed by atoms with Gasteiger partial charge in [0.25, 0.3) is 0 Å². The largest absolute Gasteiger partial charge is 0.315 e. The lowest BCUT2D eigenvalue weighted by atomic mass is 10.3. The number of thiol groups is 1. The fourth-order valence-corrected chi connectivity index (χ4v) is 3.85. The van der Waals surface area contributed by atoms with Crippen LogP contribution in [0, 0.1) is 12.0 Å². The molecule has 0 radical (unpaired) electrons. The van der Waals surface area contributed by atoms with Gasteiger partial charge in [0, 0.05) is 30.1 Å². The molecule has 2 rings (SSSR count). The van der Waals surface area contributed by atoms with Gasteiger partial charge in [-0.15, -0.1) is 0 Å². The van der Waals surface area contributed by atoms with Gasteiger partial charge in [0.2, 0.25) is 10.0 Å². The van der Waals surface area contributed by atoms with Crippen LogP contribution in [0.4, 0.5) is 5.69 Å². The molecule has 1 unspecified atom stereocenters. The standard InChI is InChI=1S/C13H16N2O2S2/c1-2-8-14-11-3-5-13(6-4-11)19(16,17)15-9-7-12(18)10-15/h3-6,12,14,18H,7,9-10H2,1H3. The van der Waals surface area contributed by atoms with Gasteiger partial charge in [-0.25, -0.2) is 8.42 Å². The lowest BCUT2D eigenvalue weighted by molar-refractivity contribution is 0.478. The number of anilines is 1. The van der Waals surface area contributed by atoms with Crippen molar-refractivity contribution in [1.82, 2.24) is 4.31 Å². The SMILES string of the molecule is CC#CNc1ccc(S(=O)(=O)N2CCC(S)C2)cc1. The molecule has 1 aromatic rings. The zero-order valence-corrected chi connectivity index (χ0v) is 12.3. The molecule has 0 amide bonds. The minimum atomic E-state index is -3.39. The van der Waals surface area contributed by atoms with E-state index in [0.29, 0.717) is 18.0 Å². The molecule has 0 bridgehead atoms. The molecule has 1 N–H and O–H groups in total. The molecule has 0 spiro atoms. The molecule has 1 aliphatic rings. The highest BCUT2D eigenvalue weighted by molar-refractivity contribution is 7.89. The maximum absolute atomic E-state index is 12.3. The van der Waals surface area contributed by atoms with E-state index < -0.39 is 10.0 Å². The zero-order chi connectivity index (χ0) is 13.9. The van der Waals surface area contributed by atoms with Crippen LogP contribution in [0.15, 0.2) is 29.2 Å². The highest BCUT2D eigenvalue weighted by Crippen LogP contribution is 2.24. The second-order valence-corrected chi connectivity index (χ2v) is 7.00. The third-order valence-electron chi connectivity index (χ3n) is 2.95. The predicted molar refractivity (Wildman–Crippen MR) is 79.7 cm³/mol. The van der Waals surface area contributed by atoms with Gasteiger partial charge in [-0.3, -0.25) is 0 Å². The summed E-state index contributed by atoms with van der Waals surface area (Å²) in [6, 6.07) is 9.34. The summed E-state index contributed by atoms with van der Waals surface area (Å²) in [5.74, 6) is 2.71. The van der Waals surface area contributed by atoms with Crippen LogP contribution in [-0.4, -0.2) is 31.1 Å². The van der Waals surface area contributed by atoms with Crippen molar-refractivity contribution in [2.45, 2.75) is 23.5 Å². The molecule has 1 heterocycles. The van der Waals surface area contributed by atoms with Crippen molar-refractivity contribution >= 4 is 28.3 Å². The van der Waals surface area contributed by atoms with Crippen molar-refractivity contribution in [1.29, 1.82) is 0 Å². The first kappa shape index (κ1) is 14.3. The Morgan fingerprint density at radius 1 is 1.37 bits per heavy atom. The molecule has 0 aromatic heterocycles. The van der Waals surface area contributed by atoms with Crippen LogP contribution in [0.5, 0.6) is 0 Å². The van der Waals surface area contributed by atoms with Crippen molar-refractivity contribution in [3.05, 3.63) is 24.3 Å².